The monoisotopic (exact) mass is 269 g/mol. The van der Waals surface area contributed by atoms with Crippen molar-refractivity contribution in [3.63, 3.8) is 0 Å². The molecule has 2 saturated heterocycles. The van der Waals surface area contributed by atoms with Crippen LogP contribution in [0.5, 0.6) is 0 Å². The van der Waals surface area contributed by atoms with Gasteiger partial charge in [-0.3, -0.25) is 0 Å². The Morgan fingerprint density at radius 3 is 2.74 bits per heavy atom. The van der Waals surface area contributed by atoms with E-state index in [9.17, 15) is 4.79 Å². The number of carbonyl (C=O) groups excluding carboxylic acids is 1. The molecule has 1 amide bonds. The fourth-order valence-electron chi connectivity index (χ4n) is 2.57. The van der Waals surface area contributed by atoms with Crippen LogP contribution in [0.1, 0.15) is 53.4 Å². The Balaban J connectivity index is 1.77. The second kappa shape index (κ2) is 5.31. The van der Waals surface area contributed by atoms with E-state index in [0.717, 1.165) is 39.0 Å². The highest BCUT2D eigenvalue weighted by Gasteiger charge is 2.39. The number of hydrogen-bond donors (Lipinski definition) is 0. The number of rotatable bonds is 3. The minimum atomic E-state index is -0.403. The van der Waals surface area contributed by atoms with Crippen LogP contribution < -0.4 is 0 Å². The number of likely N-dealkylation sites (tertiary alicyclic amines) is 1. The third kappa shape index (κ3) is 4.68. The Morgan fingerprint density at radius 1 is 1.47 bits per heavy atom. The van der Waals surface area contributed by atoms with Crippen LogP contribution in [0.3, 0.4) is 0 Å². The first-order valence-corrected chi connectivity index (χ1v) is 7.39. The van der Waals surface area contributed by atoms with Crippen molar-refractivity contribution < 1.29 is 14.3 Å². The van der Waals surface area contributed by atoms with Gasteiger partial charge in [0.15, 0.2) is 0 Å². The second-order valence-corrected chi connectivity index (χ2v) is 7.21. The van der Waals surface area contributed by atoms with Crippen molar-refractivity contribution in [1.82, 2.24) is 4.90 Å². The molecular formula is C15H27NO3. The van der Waals surface area contributed by atoms with Crippen molar-refractivity contribution in [3.8, 4) is 0 Å². The lowest BCUT2D eigenvalue weighted by Crippen LogP contribution is -2.43. The Bertz CT molecular complexity index is 331. The zero-order chi connectivity index (χ0) is 14.1. The van der Waals surface area contributed by atoms with E-state index in [1.54, 1.807) is 0 Å². The van der Waals surface area contributed by atoms with Gasteiger partial charge in [-0.1, -0.05) is 0 Å². The van der Waals surface area contributed by atoms with Gasteiger partial charge in [-0.2, -0.15) is 0 Å². The Hall–Kier alpha value is -0.770. The highest BCUT2D eigenvalue weighted by molar-refractivity contribution is 5.68. The molecule has 0 aromatic heterocycles. The van der Waals surface area contributed by atoms with E-state index < -0.39 is 5.60 Å². The molecule has 2 unspecified atom stereocenters. The van der Waals surface area contributed by atoms with Gasteiger partial charge in [0.05, 0.1) is 12.2 Å². The van der Waals surface area contributed by atoms with Crippen LogP contribution >= 0.6 is 0 Å². The lowest BCUT2D eigenvalue weighted by Gasteiger charge is -2.34. The van der Waals surface area contributed by atoms with Crippen molar-refractivity contribution >= 4 is 6.09 Å². The molecule has 0 N–H and O–H groups in total. The lowest BCUT2D eigenvalue weighted by atomic mass is 9.90. The number of nitrogens with zero attached hydrogens (tertiary/aromatic N) is 1. The molecule has 0 aromatic carbocycles. The van der Waals surface area contributed by atoms with Gasteiger partial charge in [0.1, 0.15) is 5.60 Å². The molecule has 0 radical (unpaired) electrons. The maximum atomic E-state index is 12.1. The van der Waals surface area contributed by atoms with Gasteiger partial charge in [-0.15, -0.1) is 0 Å². The SMILES string of the molecule is CC(C)(C)OC(=O)N1CCCC(CCC2(C)CO2)C1. The minimum absolute atomic E-state index is 0.133. The van der Waals surface area contributed by atoms with Crippen LogP contribution in [0.2, 0.25) is 0 Å². The van der Waals surface area contributed by atoms with E-state index >= 15 is 0 Å². The summed E-state index contributed by atoms with van der Waals surface area (Å²) in [6, 6.07) is 0. The molecular weight excluding hydrogens is 242 g/mol. The van der Waals surface area contributed by atoms with Crippen molar-refractivity contribution in [2.75, 3.05) is 19.7 Å². The Morgan fingerprint density at radius 2 is 2.16 bits per heavy atom. The summed E-state index contributed by atoms with van der Waals surface area (Å²) >= 11 is 0. The largest absolute Gasteiger partial charge is 0.444 e. The van der Waals surface area contributed by atoms with Crippen LogP contribution in [0.25, 0.3) is 0 Å². The van der Waals surface area contributed by atoms with Crippen LogP contribution in [-0.2, 0) is 9.47 Å². The molecule has 4 nitrogen and oxygen atoms in total. The molecule has 110 valence electrons. The normalized spacial score (nSPS) is 31.2. The number of amides is 1. The molecule has 2 fully saturated rings. The van der Waals surface area contributed by atoms with E-state index in [1.807, 2.05) is 25.7 Å². The minimum Gasteiger partial charge on any atom is -0.444 e. The van der Waals surface area contributed by atoms with Crippen LogP contribution in [0.4, 0.5) is 4.79 Å². The number of piperidine rings is 1. The highest BCUT2D eigenvalue weighted by atomic mass is 16.6. The number of epoxide rings is 1. The van der Waals surface area contributed by atoms with Gasteiger partial charge in [0.2, 0.25) is 0 Å². The lowest BCUT2D eigenvalue weighted by molar-refractivity contribution is 0.0158. The highest BCUT2D eigenvalue weighted by Crippen LogP contribution is 2.34. The molecule has 0 spiro atoms. The predicted octanol–water partition coefficient (Wildman–Crippen LogP) is 3.20. The number of hydrogen-bond acceptors (Lipinski definition) is 3. The molecule has 2 aliphatic heterocycles. The van der Waals surface area contributed by atoms with Crippen LogP contribution in [0, 0.1) is 5.92 Å². The van der Waals surface area contributed by atoms with Gasteiger partial charge in [-0.25, -0.2) is 4.79 Å². The Kier molecular flexibility index (Phi) is 4.09. The summed E-state index contributed by atoms with van der Waals surface area (Å²) in [6.07, 6.45) is 4.40. The topological polar surface area (TPSA) is 42.1 Å². The van der Waals surface area contributed by atoms with Gasteiger partial charge in [-0.05, 0) is 59.3 Å². The van der Waals surface area contributed by atoms with E-state index in [-0.39, 0.29) is 11.7 Å². The summed E-state index contributed by atoms with van der Waals surface area (Å²) in [5, 5.41) is 0. The molecule has 0 bridgehead atoms. The van der Waals surface area contributed by atoms with Gasteiger partial charge in [0.25, 0.3) is 0 Å². The molecule has 2 aliphatic rings. The molecule has 2 rings (SSSR count). The second-order valence-electron chi connectivity index (χ2n) is 7.21. The molecule has 0 aromatic rings. The van der Waals surface area contributed by atoms with Gasteiger partial charge >= 0.3 is 6.09 Å². The van der Waals surface area contributed by atoms with Gasteiger partial charge < -0.3 is 14.4 Å². The third-order valence-electron chi connectivity index (χ3n) is 3.89. The summed E-state index contributed by atoms with van der Waals surface area (Å²) in [5.41, 5.74) is -0.270. The molecule has 0 saturated carbocycles. The van der Waals surface area contributed by atoms with Crippen molar-refractivity contribution in [1.29, 1.82) is 0 Å². The van der Waals surface area contributed by atoms with E-state index in [0.29, 0.717) is 5.92 Å². The first-order chi connectivity index (χ1) is 8.77. The maximum Gasteiger partial charge on any atom is 0.410 e. The molecule has 4 heteroatoms. The molecule has 19 heavy (non-hydrogen) atoms. The van der Waals surface area contributed by atoms with E-state index in [1.165, 1.54) is 6.42 Å². The van der Waals surface area contributed by atoms with E-state index in [4.69, 9.17) is 9.47 Å². The predicted molar refractivity (Wildman–Crippen MR) is 74.1 cm³/mol. The third-order valence-corrected chi connectivity index (χ3v) is 3.89. The summed E-state index contributed by atoms with van der Waals surface area (Å²) < 4.78 is 10.9. The standard InChI is InChI=1S/C15H27NO3/c1-14(2,3)19-13(17)16-9-5-6-12(10-16)7-8-15(4)11-18-15/h12H,5-11H2,1-4H3. The fourth-order valence-corrected chi connectivity index (χ4v) is 2.57. The zero-order valence-corrected chi connectivity index (χ0v) is 12.7. The number of ether oxygens (including phenoxy) is 2. The van der Waals surface area contributed by atoms with Crippen LogP contribution in [-0.4, -0.2) is 41.9 Å². The van der Waals surface area contributed by atoms with Crippen molar-refractivity contribution in [3.05, 3.63) is 0 Å². The average Bonchev–Trinajstić information content (AvgIpc) is 3.04. The molecule has 0 aliphatic carbocycles. The van der Waals surface area contributed by atoms with E-state index in [2.05, 4.69) is 6.92 Å². The number of carbonyl (C=O) groups is 1. The summed E-state index contributed by atoms with van der Waals surface area (Å²) in [5.74, 6) is 0.599. The van der Waals surface area contributed by atoms with Crippen LogP contribution in [0.15, 0.2) is 0 Å². The van der Waals surface area contributed by atoms with Crippen molar-refractivity contribution in [2.45, 2.75) is 64.6 Å². The smallest absolute Gasteiger partial charge is 0.410 e. The zero-order valence-electron chi connectivity index (χ0n) is 12.7. The summed E-state index contributed by atoms with van der Waals surface area (Å²) in [4.78, 5) is 13.9. The van der Waals surface area contributed by atoms with Crippen molar-refractivity contribution in [2.24, 2.45) is 5.92 Å². The average molecular weight is 269 g/mol. The molecule has 2 heterocycles. The fraction of sp³-hybridized carbons (Fsp3) is 0.933. The summed E-state index contributed by atoms with van der Waals surface area (Å²) in [7, 11) is 0. The Labute approximate surface area is 116 Å². The van der Waals surface area contributed by atoms with Gasteiger partial charge in [0, 0.05) is 13.1 Å². The molecule has 2 atom stereocenters. The summed E-state index contributed by atoms with van der Waals surface area (Å²) in [6.45, 7) is 10.5. The quantitative estimate of drug-likeness (QED) is 0.739. The first kappa shape index (κ1) is 14.6. The maximum absolute atomic E-state index is 12.1. The first-order valence-electron chi connectivity index (χ1n) is 7.39.